The Labute approximate surface area is 145 Å². The van der Waals surface area contributed by atoms with Crippen LogP contribution >= 0.6 is 0 Å². The minimum absolute atomic E-state index is 0.0675. The van der Waals surface area contributed by atoms with Crippen molar-refractivity contribution in [1.29, 1.82) is 0 Å². The highest BCUT2D eigenvalue weighted by molar-refractivity contribution is 6.09. The zero-order chi connectivity index (χ0) is 17.6. The number of nitrogens with one attached hydrogen (secondary N) is 2. The van der Waals surface area contributed by atoms with E-state index in [2.05, 4.69) is 10.3 Å². The molecule has 2 aromatic carbocycles. The lowest BCUT2D eigenvalue weighted by Gasteiger charge is -2.09. The molecule has 126 valence electrons. The average molecular weight is 334 g/mol. The number of hydrogen-bond acceptors (Lipinski definition) is 3. The second-order valence-corrected chi connectivity index (χ2v) is 5.62. The van der Waals surface area contributed by atoms with Crippen molar-refractivity contribution in [2.24, 2.45) is 0 Å². The third-order valence-corrected chi connectivity index (χ3v) is 4.00. The molecule has 0 saturated carbocycles. The van der Waals surface area contributed by atoms with Gasteiger partial charge in [-0.05, 0) is 29.3 Å². The van der Waals surface area contributed by atoms with Crippen LogP contribution in [0.3, 0.4) is 0 Å². The van der Waals surface area contributed by atoms with Gasteiger partial charge in [-0.15, -0.1) is 0 Å². The van der Waals surface area contributed by atoms with Crippen LogP contribution in [0.15, 0.2) is 67.0 Å². The van der Waals surface area contributed by atoms with Gasteiger partial charge >= 0.3 is 0 Å². The molecule has 0 spiro atoms. The minimum atomic E-state index is -0.228. The molecule has 0 aliphatic heterocycles. The predicted octanol–water partition coefficient (Wildman–Crippen LogP) is 2.67. The second-order valence-electron chi connectivity index (χ2n) is 5.62. The van der Waals surface area contributed by atoms with Gasteiger partial charge in [0, 0.05) is 35.6 Å². The molecule has 1 aromatic heterocycles. The molecule has 0 saturated heterocycles. The summed E-state index contributed by atoms with van der Waals surface area (Å²) in [4.78, 5) is 27.3. The summed E-state index contributed by atoms with van der Waals surface area (Å²) in [5.41, 5.74) is 3.25. The number of aromatic nitrogens is 1. The first-order valence-corrected chi connectivity index (χ1v) is 7.92. The standard InChI is InChI=1S/C20H18N2O3/c23-13-18-4-2-1-3-16(18)12-22-20(25)15-7-5-14(6-8-15)19(24)17-9-10-21-11-17/h1-11,21,23H,12-13H2,(H,22,25). The van der Waals surface area contributed by atoms with Crippen molar-refractivity contribution < 1.29 is 14.7 Å². The van der Waals surface area contributed by atoms with Crippen molar-refractivity contribution in [2.75, 3.05) is 0 Å². The predicted molar refractivity (Wildman–Crippen MR) is 94.2 cm³/mol. The Balaban J connectivity index is 1.66. The lowest BCUT2D eigenvalue weighted by atomic mass is 10.0. The van der Waals surface area contributed by atoms with Gasteiger partial charge in [-0.3, -0.25) is 9.59 Å². The number of hydrogen-bond donors (Lipinski definition) is 3. The molecule has 3 N–H and O–H groups in total. The molecule has 0 aliphatic carbocycles. The van der Waals surface area contributed by atoms with Gasteiger partial charge in [0.05, 0.1) is 6.61 Å². The van der Waals surface area contributed by atoms with Crippen molar-refractivity contribution in [3.63, 3.8) is 0 Å². The average Bonchev–Trinajstić information content (AvgIpc) is 3.20. The number of rotatable bonds is 6. The molecule has 0 atom stereocenters. The number of aliphatic hydroxyl groups excluding tert-OH is 1. The molecule has 0 bridgehead atoms. The van der Waals surface area contributed by atoms with Crippen LogP contribution in [0.1, 0.15) is 37.4 Å². The lowest BCUT2D eigenvalue weighted by molar-refractivity contribution is 0.0949. The van der Waals surface area contributed by atoms with Crippen LogP contribution < -0.4 is 5.32 Å². The first-order valence-electron chi connectivity index (χ1n) is 7.92. The van der Waals surface area contributed by atoms with Gasteiger partial charge in [0.25, 0.3) is 5.91 Å². The van der Waals surface area contributed by atoms with Crippen molar-refractivity contribution in [1.82, 2.24) is 10.3 Å². The van der Waals surface area contributed by atoms with Crippen LogP contribution in [0.25, 0.3) is 0 Å². The molecule has 0 unspecified atom stereocenters. The van der Waals surface area contributed by atoms with Gasteiger partial charge in [-0.25, -0.2) is 0 Å². The van der Waals surface area contributed by atoms with Gasteiger partial charge in [-0.1, -0.05) is 36.4 Å². The summed E-state index contributed by atoms with van der Waals surface area (Å²) in [6, 6.07) is 15.7. The van der Waals surface area contributed by atoms with E-state index in [1.807, 2.05) is 24.3 Å². The summed E-state index contributed by atoms with van der Waals surface area (Å²) in [7, 11) is 0. The number of benzene rings is 2. The number of ketones is 1. The molecule has 25 heavy (non-hydrogen) atoms. The van der Waals surface area contributed by atoms with Crippen molar-refractivity contribution in [3.05, 3.63) is 94.8 Å². The number of H-pyrrole nitrogens is 1. The quantitative estimate of drug-likeness (QED) is 0.606. The zero-order valence-corrected chi connectivity index (χ0v) is 13.5. The van der Waals surface area contributed by atoms with E-state index < -0.39 is 0 Å². The summed E-state index contributed by atoms with van der Waals surface area (Å²) < 4.78 is 0. The Morgan fingerprint density at radius 3 is 2.20 bits per heavy atom. The fourth-order valence-corrected chi connectivity index (χ4v) is 2.57. The Morgan fingerprint density at radius 2 is 1.56 bits per heavy atom. The number of aliphatic hydroxyl groups is 1. The molecule has 3 rings (SSSR count). The number of aromatic amines is 1. The highest BCUT2D eigenvalue weighted by atomic mass is 16.3. The molecule has 0 radical (unpaired) electrons. The zero-order valence-electron chi connectivity index (χ0n) is 13.5. The third kappa shape index (κ3) is 3.84. The van der Waals surface area contributed by atoms with Gasteiger partial charge in [0.2, 0.25) is 0 Å². The van der Waals surface area contributed by atoms with Crippen molar-refractivity contribution >= 4 is 11.7 Å². The van der Waals surface area contributed by atoms with Crippen LogP contribution in [0, 0.1) is 0 Å². The minimum Gasteiger partial charge on any atom is -0.392 e. The fraction of sp³-hybridized carbons (Fsp3) is 0.100. The molecule has 5 nitrogen and oxygen atoms in total. The third-order valence-electron chi connectivity index (χ3n) is 4.00. The largest absolute Gasteiger partial charge is 0.392 e. The van der Waals surface area contributed by atoms with Crippen LogP contribution in [-0.4, -0.2) is 21.8 Å². The molecule has 0 fully saturated rings. The molecule has 1 amide bonds. The van der Waals surface area contributed by atoms with Gasteiger partial charge in [0.15, 0.2) is 5.78 Å². The normalized spacial score (nSPS) is 10.4. The molecule has 3 aromatic rings. The summed E-state index contributed by atoms with van der Waals surface area (Å²) in [6.45, 7) is 0.265. The van der Waals surface area contributed by atoms with E-state index in [0.29, 0.717) is 23.2 Å². The maximum absolute atomic E-state index is 12.3. The van der Waals surface area contributed by atoms with Crippen LogP contribution in [-0.2, 0) is 13.2 Å². The number of carbonyl (C=O) groups is 2. The fourth-order valence-electron chi connectivity index (χ4n) is 2.57. The van der Waals surface area contributed by atoms with E-state index in [1.165, 1.54) is 0 Å². The first-order chi connectivity index (χ1) is 12.2. The Kier molecular flexibility index (Phi) is 5.06. The van der Waals surface area contributed by atoms with E-state index in [0.717, 1.165) is 11.1 Å². The Bertz CT molecular complexity index is 868. The highest BCUT2D eigenvalue weighted by Gasteiger charge is 2.11. The van der Waals surface area contributed by atoms with Gasteiger partial charge in [-0.2, -0.15) is 0 Å². The van der Waals surface area contributed by atoms with Crippen LogP contribution in [0.5, 0.6) is 0 Å². The Morgan fingerprint density at radius 1 is 0.880 bits per heavy atom. The number of amides is 1. The summed E-state index contributed by atoms with van der Waals surface area (Å²) in [5, 5.41) is 12.1. The van der Waals surface area contributed by atoms with E-state index in [1.54, 1.807) is 42.7 Å². The highest BCUT2D eigenvalue weighted by Crippen LogP contribution is 2.12. The van der Waals surface area contributed by atoms with E-state index >= 15 is 0 Å². The monoisotopic (exact) mass is 334 g/mol. The summed E-state index contributed by atoms with van der Waals surface area (Å²) in [6.07, 6.45) is 3.33. The maximum atomic E-state index is 12.3. The molecule has 1 heterocycles. The molecule has 0 aliphatic rings. The number of carbonyl (C=O) groups excluding carboxylic acids is 2. The van der Waals surface area contributed by atoms with Crippen LogP contribution in [0.2, 0.25) is 0 Å². The van der Waals surface area contributed by atoms with Crippen molar-refractivity contribution in [3.8, 4) is 0 Å². The SMILES string of the molecule is O=C(NCc1ccccc1CO)c1ccc(C(=O)c2cc[nH]c2)cc1. The second kappa shape index (κ2) is 7.59. The van der Waals surface area contributed by atoms with E-state index in [-0.39, 0.29) is 18.3 Å². The van der Waals surface area contributed by atoms with Gasteiger partial charge in [0.1, 0.15) is 0 Å². The van der Waals surface area contributed by atoms with Gasteiger partial charge < -0.3 is 15.4 Å². The summed E-state index contributed by atoms with van der Waals surface area (Å²) >= 11 is 0. The summed E-state index contributed by atoms with van der Waals surface area (Å²) in [5.74, 6) is -0.321. The lowest BCUT2D eigenvalue weighted by Crippen LogP contribution is -2.23. The van der Waals surface area contributed by atoms with E-state index in [9.17, 15) is 14.7 Å². The Hall–Kier alpha value is -3.18. The first kappa shape index (κ1) is 16.7. The smallest absolute Gasteiger partial charge is 0.251 e. The van der Waals surface area contributed by atoms with E-state index in [4.69, 9.17) is 0 Å². The molecule has 5 heteroatoms. The van der Waals surface area contributed by atoms with Crippen LogP contribution in [0.4, 0.5) is 0 Å². The maximum Gasteiger partial charge on any atom is 0.251 e. The molecular weight excluding hydrogens is 316 g/mol. The van der Waals surface area contributed by atoms with Crippen molar-refractivity contribution in [2.45, 2.75) is 13.2 Å². The molecular formula is C20H18N2O3. The topological polar surface area (TPSA) is 82.2 Å².